The minimum absolute atomic E-state index is 0.191. The third-order valence-corrected chi connectivity index (χ3v) is 3.84. The molecule has 0 radical (unpaired) electrons. The molecule has 0 unspecified atom stereocenters. The maximum Gasteiger partial charge on any atom is 0.410 e. The Morgan fingerprint density at radius 3 is 2.55 bits per heavy atom. The number of rotatable bonds is 2. The van der Waals surface area contributed by atoms with Gasteiger partial charge in [-0.2, -0.15) is 4.98 Å². The molecule has 1 fully saturated rings. The number of nitrogens with zero attached hydrogens (tertiary/aromatic N) is 3. The van der Waals surface area contributed by atoms with E-state index >= 15 is 0 Å². The molecule has 122 valence electrons. The van der Waals surface area contributed by atoms with E-state index in [0.29, 0.717) is 24.1 Å². The Labute approximate surface area is 140 Å². The first-order chi connectivity index (χ1) is 10.2. The number of hydrogen-bond acceptors (Lipinski definition) is 5. The number of nitrogens with one attached hydrogen (secondary N) is 1. The van der Waals surface area contributed by atoms with E-state index in [9.17, 15) is 4.79 Å². The van der Waals surface area contributed by atoms with Gasteiger partial charge in [0.15, 0.2) is 5.15 Å². The smallest absolute Gasteiger partial charge is 0.410 e. The summed E-state index contributed by atoms with van der Waals surface area (Å²) in [5.41, 5.74) is -0.472. The highest BCUT2D eigenvalue weighted by molar-refractivity contribution is 6.41. The molecule has 0 spiro atoms. The molecule has 2 heterocycles. The number of ether oxygens (including phenoxy) is 1. The van der Waals surface area contributed by atoms with E-state index < -0.39 is 5.60 Å². The molecule has 8 heteroatoms. The minimum Gasteiger partial charge on any atom is -0.444 e. The van der Waals surface area contributed by atoms with Crippen molar-refractivity contribution in [2.24, 2.45) is 0 Å². The molecule has 0 bridgehead atoms. The fourth-order valence-corrected chi connectivity index (χ4v) is 2.35. The molecule has 6 nitrogen and oxygen atoms in total. The summed E-state index contributed by atoms with van der Waals surface area (Å²) < 4.78 is 5.37. The van der Waals surface area contributed by atoms with Gasteiger partial charge in [-0.15, -0.1) is 0 Å². The van der Waals surface area contributed by atoms with Crippen LogP contribution >= 0.6 is 23.2 Å². The lowest BCUT2D eigenvalue weighted by Crippen LogP contribution is -2.44. The Kier molecular flexibility index (Phi) is 5.34. The van der Waals surface area contributed by atoms with Crippen molar-refractivity contribution in [1.82, 2.24) is 14.9 Å². The van der Waals surface area contributed by atoms with Crippen molar-refractivity contribution in [2.75, 3.05) is 18.4 Å². The quantitative estimate of drug-likeness (QED) is 0.828. The lowest BCUT2D eigenvalue weighted by Gasteiger charge is -2.33. The zero-order chi connectivity index (χ0) is 16.3. The molecule has 1 saturated heterocycles. The molecule has 1 N–H and O–H groups in total. The Morgan fingerprint density at radius 2 is 2.00 bits per heavy atom. The molecular weight excluding hydrogens is 327 g/mol. The maximum atomic E-state index is 12.0. The third-order valence-electron chi connectivity index (χ3n) is 3.18. The van der Waals surface area contributed by atoms with Crippen LogP contribution in [0.1, 0.15) is 33.6 Å². The summed E-state index contributed by atoms with van der Waals surface area (Å²) >= 11 is 11.7. The van der Waals surface area contributed by atoms with E-state index in [1.165, 1.54) is 6.20 Å². The van der Waals surface area contributed by atoms with Gasteiger partial charge in [0, 0.05) is 19.1 Å². The number of hydrogen-bond donors (Lipinski definition) is 1. The summed E-state index contributed by atoms with van der Waals surface area (Å²) in [5, 5.41) is 3.77. The number of halogens is 2. The van der Waals surface area contributed by atoms with E-state index in [2.05, 4.69) is 15.3 Å². The summed E-state index contributed by atoms with van der Waals surface area (Å²) in [7, 11) is 0. The Balaban J connectivity index is 1.84. The van der Waals surface area contributed by atoms with E-state index in [1.807, 2.05) is 20.8 Å². The van der Waals surface area contributed by atoms with E-state index in [-0.39, 0.29) is 17.3 Å². The standard InChI is InChI=1S/C14H20Cl2N4O2/c1-14(2,3)22-13(21)20-6-4-9(5-7-20)18-12-17-8-10(15)11(16)19-12/h8-9H,4-7H2,1-3H3,(H,17,18,19). The first-order valence-corrected chi connectivity index (χ1v) is 7.93. The highest BCUT2D eigenvalue weighted by Crippen LogP contribution is 2.21. The Hall–Kier alpha value is -1.27. The molecule has 0 atom stereocenters. The van der Waals surface area contributed by atoms with Crippen molar-refractivity contribution < 1.29 is 9.53 Å². The van der Waals surface area contributed by atoms with Crippen molar-refractivity contribution in [2.45, 2.75) is 45.3 Å². The number of carbonyl (C=O) groups is 1. The van der Waals surface area contributed by atoms with E-state index in [4.69, 9.17) is 27.9 Å². The molecule has 1 amide bonds. The summed E-state index contributed by atoms with van der Waals surface area (Å²) in [6, 6.07) is 0.191. The van der Waals surface area contributed by atoms with Gasteiger partial charge in [-0.25, -0.2) is 9.78 Å². The maximum absolute atomic E-state index is 12.0. The molecule has 0 saturated carbocycles. The Morgan fingerprint density at radius 1 is 1.36 bits per heavy atom. The van der Waals surface area contributed by atoms with Gasteiger partial charge in [-0.1, -0.05) is 23.2 Å². The summed E-state index contributed by atoms with van der Waals surface area (Å²) in [5.74, 6) is 0.449. The average Bonchev–Trinajstić information content (AvgIpc) is 2.42. The van der Waals surface area contributed by atoms with E-state index in [1.54, 1.807) is 4.90 Å². The number of carbonyl (C=O) groups excluding carboxylic acids is 1. The van der Waals surface area contributed by atoms with Gasteiger partial charge in [-0.3, -0.25) is 0 Å². The lowest BCUT2D eigenvalue weighted by atomic mass is 10.1. The zero-order valence-electron chi connectivity index (χ0n) is 12.9. The third kappa shape index (κ3) is 4.88. The average molecular weight is 347 g/mol. The largest absolute Gasteiger partial charge is 0.444 e. The summed E-state index contributed by atoms with van der Waals surface area (Å²) in [6.45, 7) is 6.85. The SMILES string of the molecule is CC(C)(C)OC(=O)N1CCC(Nc2ncc(Cl)c(Cl)n2)CC1. The lowest BCUT2D eigenvalue weighted by molar-refractivity contribution is 0.0210. The van der Waals surface area contributed by atoms with Gasteiger partial charge >= 0.3 is 6.09 Å². The number of likely N-dealkylation sites (tertiary alicyclic amines) is 1. The van der Waals surface area contributed by atoms with Crippen LogP contribution in [0.3, 0.4) is 0 Å². The zero-order valence-corrected chi connectivity index (χ0v) is 14.4. The Bertz CT molecular complexity index is 540. The van der Waals surface area contributed by atoms with Crippen LogP contribution in [0.25, 0.3) is 0 Å². The number of piperidine rings is 1. The van der Waals surface area contributed by atoms with Crippen LogP contribution in [0, 0.1) is 0 Å². The van der Waals surface area contributed by atoms with Crippen LogP contribution in [0.15, 0.2) is 6.20 Å². The molecule has 2 rings (SSSR count). The molecule has 1 aromatic heterocycles. The topological polar surface area (TPSA) is 67.3 Å². The second-order valence-corrected chi connectivity index (χ2v) is 6.98. The predicted octanol–water partition coefficient (Wildman–Crippen LogP) is 3.59. The first kappa shape index (κ1) is 17.1. The van der Waals surface area contributed by atoms with Gasteiger partial charge in [0.1, 0.15) is 5.60 Å². The van der Waals surface area contributed by atoms with Crippen LogP contribution in [-0.4, -0.2) is 45.7 Å². The fourth-order valence-electron chi connectivity index (χ4n) is 2.13. The number of aromatic nitrogens is 2. The second-order valence-electron chi connectivity index (χ2n) is 6.22. The molecular formula is C14H20Cl2N4O2. The van der Waals surface area contributed by atoms with Crippen molar-refractivity contribution >= 4 is 35.2 Å². The summed E-state index contributed by atoms with van der Waals surface area (Å²) in [4.78, 5) is 21.9. The van der Waals surface area contributed by atoms with Crippen LogP contribution < -0.4 is 5.32 Å². The van der Waals surface area contributed by atoms with Crippen LogP contribution in [0.5, 0.6) is 0 Å². The summed E-state index contributed by atoms with van der Waals surface area (Å²) in [6.07, 6.45) is 2.79. The molecule has 1 aromatic rings. The van der Waals surface area contributed by atoms with E-state index in [0.717, 1.165) is 12.8 Å². The minimum atomic E-state index is -0.472. The van der Waals surface area contributed by atoms with Gasteiger partial charge < -0.3 is 15.0 Å². The van der Waals surface area contributed by atoms with Crippen molar-refractivity contribution in [3.05, 3.63) is 16.4 Å². The van der Waals surface area contributed by atoms with Crippen molar-refractivity contribution in [3.8, 4) is 0 Å². The highest BCUT2D eigenvalue weighted by atomic mass is 35.5. The molecule has 22 heavy (non-hydrogen) atoms. The highest BCUT2D eigenvalue weighted by Gasteiger charge is 2.27. The van der Waals surface area contributed by atoms with Crippen LogP contribution in [0.2, 0.25) is 10.2 Å². The van der Waals surface area contributed by atoms with Crippen LogP contribution in [-0.2, 0) is 4.74 Å². The van der Waals surface area contributed by atoms with Crippen molar-refractivity contribution in [1.29, 1.82) is 0 Å². The molecule has 0 aromatic carbocycles. The number of amides is 1. The number of anilines is 1. The molecule has 1 aliphatic heterocycles. The van der Waals surface area contributed by atoms with Gasteiger partial charge in [0.2, 0.25) is 5.95 Å². The first-order valence-electron chi connectivity index (χ1n) is 7.17. The fraction of sp³-hybridized carbons (Fsp3) is 0.643. The molecule has 0 aliphatic carbocycles. The second kappa shape index (κ2) is 6.87. The van der Waals surface area contributed by atoms with Crippen molar-refractivity contribution in [3.63, 3.8) is 0 Å². The predicted molar refractivity (Wildman–Crippen MR) is 86.5 cm³/mol. The van der Waals surface area contributed by atoms with Gasteiger partial charge in [-0.05, 0) is 33.6 Å². The van der Waals surface area contributed by atoms with Gasteiger partial charge in [0.25, 0.3) is 0 Å². The monoisotopic (exact) mass is 346 g/mol. The molecule has 1 aliphatic rings. The normalized spacial score (nSPS) is 16.5. The van der Waals surface area contributed by atoms with Gasteiger partial charge in [0.05, 0.1) is 11.2 Å². The van der Waals surface area contributed by atoms with Crippen LogP contribution in [0.4, 0.5) is 10.7 Å².